The van der Waals surface area contributed by atoms with E-state index >= 15 is 0 Å². The van der Waals surface area contributed by atoms with Gasteiger partial charge in [0, 0.05) is 13.1 Å². The van der Waals surface area contributed by atoms with Gasteiger partial charge in [-0.15, -0.1) is 0 Å². The zero-order valence-corrected chi connectivity index (χ0v) is 24.1. The molecule has 42 heavy (non-hydrogen) atoms. The molecular formula is C28H30N2O10P2. The summed E-state index contributed by atoms with van der Waals surface area (Å²) < 4.78 is 47.2. The third-order valence-corrected chi connectivity index (χ3v) is 7.48. The van der Waals surface area contributed by atoms with Gasteiger partial charge < -0.3 is 30.2 Å². The quantitative estimate of drug-likeness (QED) is 0.0515. The monoisotopic (exact) mass is 616 g/mol. The van der Waals surface area contributed by atoms with Crippen molar-refractivity contribution in [2.24, 2.45) is 0 Å². The third kappa shape index (κ3) is 11.3. The molecule has 222 valence electrons. The van der Waals surface area contributed by atoms with Crippen LogP contribution in [0.5, 0.6) is 23.0 Å². The summed E-state index contributed by atoms with van der Waals surface area (Å²) in [6.45, 7) is 0.485. The van der Waals surface area contributed by atoms with Gasteiger partial charge in [-0.3, -0.25) is 9.13 Å². The van der Waals surface area contributed by atoms with Crippen molar-refractivity contribution in [2.45, 2.75) is 0 Å². The zero-order valence-electron chi connectivity index (χ0n) is 22.4. The number of hydrogen-bond acceptors (Lipinski definition) is 12. The van der Waals surface area contributed by atoms with Gasteiger partial charge in [-0.25, -0.2) is 0 Å². The summed E-state index contributed by atoms with van der Waals surface area (Å²) in [5, 5.41) is 5.86. The first-order valence-corrected chi connectivity index (χ1v) is 16.2. The first kappa shape index (κ1) is 31.2. The minimum absolute atomic E-state index is 0.243. The number of para-hydroxylation sites is 4. The topological polar surface area (TPSA) is 132 Å². The summed E-state index contributed by atoms with van der Waals surface area (Å²) in [5.74, 6) is 1.31. The van der Waals surface area contributed by atoms with Gasteiger partial charge in [0.15, 0.2) is 23.0 Å². The lowest BCUT2D eigenvalue weighted by molar-refractivity contribution is -0.171. The standard InChI is InChI=1S/C28H30N2O10P2/c31-41(37-33-25-13-5-1-6-14-25,38-34-26-15-7-2-8-16-26)23-29-21-22-30-24-42(32,39-35-27-17-9-3-10-18-27)40-36-28-19-11-4-12-20-28/h1-20,29-30H,21-24H2. The molecule has 0 radical (unpaired) electrons. The van der Waals surface area contributed by atoms with Crippen LogP contribution >= 0.6 is 15.2 Å². The van der Waals surface area contributed by atoms with Crippen molar-refractivity contribution in [1.82, 2.24) is 10.6 Å². The molecule has 0 aliphatic rings. The maximum absolute atomic E-state index is 13.3. The second kappa shape index (κ2) is 16.7. The lowest BCUT2D eigenvalue weighted by Crippen LogP contribution is -2.30. The van der Waals surface area contributed by atoms with Crippen LogP contribution < -0.4 is 30.2 Å². The fraction of sp³-hybridized carbons (Fsp3) is 0.143. The van der Waals surface area contributed by atoms with Gasteiger partial charge in [0.25, 0.3) is 0 Å². The van der Waals surface area contributed by atoms with E-state index in [1.807, 2.05) is 0 Å². The van der Waals surface area contributed by atoms with Crippen LogP contribution in [-0.4, -0.2) is 25.7 Å². The average molecular weight is 617 g/mol. The van der Waals surface area contributed by atoms with Gasteiger partial charge >= 0.3 is 15.2 Å². The van der Waals surface area contributed by atoms with Crippen molar-refractivity contribution in [1.29, 1.82) is 0 Å². The Morgan fingerprint density at radius 3 is 0.881 bits per heavy atom. The van der Waals surface area contributed by atoms with Crippen molar-refractivity contribution in [3.63, 3.8) is 0 Å². The molecule has 4 aromatic rings. The summed E-state index contributed by atoms with van der Waals surface area (Å²) in [6, 6.07) is 34.1. The molecule has 0 heterocycles. The molecular weight excluding hydrogens is 586 g/mol. The van der Waals surface area contributed by atoms with E-state index in [1.54, 1.807) is 121 Å². The molecule has 0 aliphatic carbocycles. The molecule has 0 fully saturated rings. The Hall–Kier alpha value is -3.70. The normalized spacial score (nSPS) is 11.5. The highest BCUT2D eigenvalue weighted by atomic mass is 31.2. The van der Waals surface area contributed by atoms with Gasteiger partial charge in [-0.05, 0) is 48.5 Å². The van der Waals surface area contributed by atoms with Crippen LogP contribution in [0.3, 0.4) is 0 Å². The van der Waals surface area contributed by atoms with Crippen LogP contribution in [0.4, 0.5) is 0 Å². The molecule has 4 rings (SSSR count). The Labute approximate surface area is 243 Å². The van der Waals surface area contributed by atoms with Gasteiger partial charge in [0.1, 0.15) is 12.6 Å². The zero-order chi connectivity index (χ0) is 29.4. The van der Waals surface area contributed by atoms with Crippen molar-refractivity contribution in [2.75, 3.05) is 25.7 Å². The van der Waals surface area contributed by atoms with E-state index in [1.165, 1.54) is 0 Å². The number of hydrogen-bond donors (Lipinski definition) is 2. The fourth-order valence-electron chi connectivity index (χ4n) is 3.04. The molecule has 0 atom stereocenters. The van der Waals surface area contributed by atoms with Crippen molar-refractivity contribution in [3.8, 4) is 23.0 Å². The third-order valence-electron chi connectivity index (χ3n) is 5.05. The Morgan fingerprint density at radius 1 is 0.405 bits per heavy atom. The molecule has 12 nitrogen and oxygen atoms in total. The van der Waals surface area contributed by atoms with Gasteiger partial charge in [0.05, 0.1) is 0 Å². The number of benzene rings is 4. The van der Waals surface area contributed by atoms with Crippen molar-refractivity contribution < 1.29 is 47.4 Å². The van der Waals surface area contributed by atoms with E-state index in [-0.39, 0.29) is 25.7 Å². The second-order valence-electron chi connectivity index (χ2n) is 8.42. The van der Waals surface area contributed by atoms with Crippen LogP contribution in [0.15, 0.2) is 121 Å². The predicted molar refractivity (Wildman–Crippen MR) is 154 cm³/mol. The van der Waals surface area contributed by atoms with Gasteiger partial charge in [-0.2, -0.15) is 0 Å². The van der Waals surface area contributed by atoms with Gasteiger partial charge in [-0.1, -0.05) is 91.5 Å². The van der Waals surface area contributed by atoms with E-state index in [9.17, 15) is 9.13 Å². The minimum atomic E-state index is -3.95. The molecule has 0 saturated heterocycles. The lowest BCUT2D eigenvalue weighted by atomic mass is 10.3. The molecule has 0 aliphatic heterocycles. The SMILES string of the molecule is O=P(CNCCNCP(=O)(OOc1ccccc1)OOc1ccccc1)(OOc1ccccc1)OOc1ccccc1. The first-order valence-electron chi connectivity index (χ1n) is 12.8. The largest absolute Gasteiger partial charge is 0.418 e. The summed E-state index contributed by atoms with van der Waals surface area (Å²) in [5.41, 5.74) is 0. The predicted octanol–water partition coefficient (Wildman–Crippen LogP) is 6.51. The minimum Gasteiger partial charge on any atom is -0.329 e. The number of rotatable bonds is 19. The van der Waals surface area contributed by atoms with E-state index in [4.69, 9.17) is 38.2 Å². The molecule has 0 spiro atoms. The maximum atomic E-state index is 13.3. The molecule has 0 amide bonds. The average Bonchev–Trinajstić information content (AvgIpc) is 3.05. The molecule has 0 aromatic heterocycles. The summed E-state index contributed by atoms with van der Waals surface area (Å²) in [6.07, 6.45) is -0.541. The van der Waals surface area contributed by atoms with E-state index in [2.05, 4.69) is 10.6 Å². The highest BCUT2D eigenvalue weighted by molar-refractivity contribution is 7.53. The molecule has 0 saturated carbocycles. The second-order valence-corrected chi connectivity index (χ2v) is 12.1. The first-order chi connectivity index (χ1) is 20.5. The van der Waals surface area contributed by atoms with E-state index < -0.39 is 15.2 Å². The van der Waals surface area contributed by atoms with Crippen LogP contribution in [0.25, 0.3) is 0 Å². The van der Waals surface area contributed by atoms with Gasteiger partial charge in [0.2, 0.25) is 0 Å². The summed E-state index contributed by atoms with van der Waals surface area (Å²) in [7, 11) is -7.90. The van der Waals surface area contributed by atoms with Crippen LogP contribution in [-0.2, 0) is 27.8 Å². The van der Waals surface area contributed by atoms with E-state index in [0.717, 1.165) is 0 Å². The molecule has 0 bridgehead atoms. The smallest absolute Gasteiger partial charge is 0.329 e. The molecule has 0 unspecified atom stereocenters. The van der Waals surface area contributed by atoms with Crippen LogP contribution in [0.1, 0.15) is 0 Å². The fourth-order valence-corrected chi connectivity index (χ4v) is 4.97. The molecule has 4 aromatic carbocycles. The Balaban J connectivity index is 1.26. The lowest BCUT2D eigenvalue weighted by Gasteiger charge is -2.18. The Kier molecular flexibility index (Phi) is 12.4. The maximum Gasteiger partial charge on any atom is 0.418 e. The summed E-state index contributed by atoms with van der Waals surface area (Å²) >= 11 is 0. The van der Waals surface area contributed by atoms with Crippen molar-refractivity contribution >= 4 is 15.2 Å². The Bertz CT molecular complexity index is 1200. The van der Waals surface area contributed by atoms with Crippen molar-refractivity contribution in [3.05, 3.63) is 121 Å². The highest BCUT2D eigenvalue weighted by Crippen LogP contribution is 2.48. The molecule has 2 N–H and O–H groups in total. The van der Waals surface area contributed by atoms with Crippen LogP contribution in [0, 0.1) is 0 Å². The highest BCUT2D eigenvalue weighted by Gasteiger charge is 2.31. The summed E-state index contributed by atoms with van der Waals surface area (Å²) in [4.78, 5) is 20.8. The molecule has 14 heteroatoms. The van der Waals surface area contributed by atoms with E-state index in [0.29, 0.717) is 23.0 Å². The number of nitrogens with one attached hydrogen (secondary N) is 2. The van der Waals surface area contributed by atoms with Crippen LogP contribution in [0.2, 0.25) is 0 Å². The Morgan fingerprint density at radius 2 is 0.643 bits per heavy atom.